The Morgan fingerprint density at radius 2 is 2.18 bits per heavy atom. The Bertz CT molecular complexity index is 223. The Morgan fingerprint density at radius 3 is 2.71 bits per heavy atom. The smallest absolute Gasteiger partial charge is 0.236 e. The summed E-state index contributed by atoms with van der Waals surface area (Å²) in [5, 5.41) is 2.91. The number of carbonyl (C=O) groups excluding carboxylic acids is 1. The summed E-state index contributed by atoms with van der Waals surface area (Å²) in [6.45, 7) is 5.57. The van der Waals surface area contributed by atoms with Gasteiger partial charge in [0.1, 0.15) is 0 Å². The largest absolute Gasteiger partial charge is 0.385 e. The van der Waals surface area contributed by atoms with Crippen molar-refractivity contribution in [2.75, 3.05) is 32.3 Å². The molecule has 0 rings (SSSR count). The zero-order chi connectivity index (χ0) is 13.3. The molecule has 0 fully saturated rings. The summed E-state index contributed by atoms with van der Waals surface area (Å²) < 4.78 is 5.04. The maximum atomic E-state index is 11.7. The Kier molecular flexibility index (Phi) is 8.64. The minimum atomic E-state index is -0.388. The summed E-state index contributed by atoms with van der Waals surface area (Å²) in [5.41, 5.74) is 5.83. The summed E-state index contributed by atoms with van der Waals surface area (Å²) in [5.74, 6) is 0.867. The second-order valence-corrected chi connectivity index (χ2v) is 6.00. The van der Waals surface area contributed by atoms with Crippen LogP contribution in [0.3, 0.4) is 0 Å². The van der Waals surface area contributed by atoms with E-state index in [4.69, 9.17) is 10.5 Å². The van der Waals surface area contributed by atoms with E-state index in [0.29, 0.717) is 13.2 Å². The molecule has 0 aliphatic rings. The Balaban J connectivity index is 3.88. The van der Waals surface area contributed by atoms with Gasteiger partial charge in [-0.2, -0.15) is 11.8 Å². The first-order valence-corrected chi connectivity index (χ1v) is 7.33. The molecule has 0 aromatic carbocycles. The number of carbonyl (C=O) groups is 1. The number of thioether (sulfide) groups is 1. The molecule has 0 spiro atoms. The van der Waals surface area contributed by atoms with Crippen LogP contribution in [-0.4, -0.2) is 44.2 Å². The van der Waals surface area contributed by atoms with Gasteiger partial charge in [0.2, 0.25) is 5.91 Å². The number of hydrogen-bond donors (Lipinski definition) is 2. The molecular weight excluding hydrogens is 236 g/mol. The van der Waals surface area contributed by atoms with E-state index < -0.39 is 0 Å². The fraction of sp³-hybridized carbons (Fsp3) is 0.917. The van der Waals surface area contributed by atoms with Gasteiger partial charge in [0, 0.05) is 20.3 Å². The molecule has 0 aliphatic carbocycles. The van der Waals surface area contributed by atoms with Gasteiger partial charge in [-0.25, -0.2) is 0 Å². The van der Waals surface area contributed by atoms with Crippen LogP contribution in [0.15, 0.2) is 0 Å². The predicted octanol–water partition coefficient (Wildman–Crippen LogP) is 1.25. The summed E-state index contributed by atoms with van der Waals surface area (Å²) in [6.07, 6.45) is 3.66. The normalized spacial score (nSPS) is 13.5. The van der Waals surface area contributed by atoms with Crippen molar-refractivity contribution in [2.24, 2.45) is 11.1 Å². The van der Waals surface area contributed by atoms with E-state index in [1.54, 1.807) is 18.9 Å². The van der Waals surface area contributed by atoms with Gasteiger partial charge in [-0.15, -0.1) is 0 Å². The zero-order valence-electron chi connectivity index (χ0n) is 11.4. The molecular formula is C12H26N2O2S. The monoisotopic (exact) mass is 262 g/mol. The molecule has 17 heavy (non-hydrogen) atoms. The maximum absolute atomic E-state index is 11.7. The number of rotatable bonds is 9. The molecule has 0 saturated heterocycles. The Morgan fingerprint density at radius 1 is 1.53 bits per heavy atom. The van der Waals surface area contributed by atoms with Gasteiger partial charge in [-0.3, -0.25) is 4.79 Å². The lowest BCUT2D eigenvalue weighted by molar-refractivity contribution is -0.122. The van der Waals surface area contributed by atoms with Gasteiger partial charge in [0.15, 0.2) is 0 Å². The van der Waals surface area contributed by atoms with Crippen LogP contribution in [0.2, 0.25) is 0 Å². The van der Waals surface area contributed by atoms with Crippen molar-refractivity contribution in [3.63, 3.8) is 0 Å². The third-order valence-corrected chi connectivity index (χ3v) is 3.34. The van der Waals surface area contributed by atoms with Crippen LogP contribution in [0.25, 0.3) is 0 Å². The van der Waals surface area contributed by atoms with E-state index in [0.717, 1.165) is 18.6 Å². The fourth-order valence-electron chi connectivity index (χ4n) is 1.30. The third kappa shape index (κ3) is 8.46. The van der Waals surface area contributed by atoms with Crippen LogP contribution in [-0.2, 0) is 9.53 Å². The Labute approximate surface area is 109 Å². The first-order chi connectivity index (χ1) is 7.93. The molecule has 1 amide bonds. The Hall–Kier alpha value is -0.260. The molecule has 0 saturated carbocycles. The highest BCUT2D eigenvalue weighted by molar-refractivity contribution is 7.98. The molecule has 102 valence electrons. The summed E-state index contributed by atoms with van der Waals surface area (Å²) in [7, 11) is 1.69. The maximum Gasteiger partial charge on any atom is 0.236 e. The first-order valence-electron chi connectivity index (χ1n) is 5.94. The lowest BCUT2D eigenvalue weighted by Gasteiger charge is -2.25. The molecule has 0 aromatic heterocycles. The minimum absolute atomic E-state index is 0.0465. The van der Waals surface area contributed by atoms with Crippen molar-refractivity contribution in [3.8, 4) is 0 Å². The van der Waals surface area contributed by atoms with Crippen molar-refractivity contribution in [1.82, 2.24) is 5.32 Å². The summed E-state index contributed by atoms with van der Waals surface area (Å²) >= 11 is 1.71. The van der Waals surface area contributed by atoms with Gasteiger partial charge < -0.3 is 15.8 Å². The lowest BCUT2D eigenvalue weighted by atomic mass is 9.89. The average Bonchev–Trinajstić information content (AvgIpc) is 2.30. The highest BCUT2D eigenvalue weighted by atomic mass is 32.2. The van der Waals surface area contributed by atoms with Gasteiger partial charge in [0.05, 0.1) is 6.04 Å². The molecule has 0 unspecified atom stereocenters. The van der Waals surface area contributed by atoms with E-state index in [9.17, 15) is 4.79 Å². The number of nitrogens with two attached hydrogens (primary N) is 1. The molecule has 0 bridgehead atoms. The van der Waals surface area contributed by atoms with Crippen molar-refractivity contribution >= 4 is 17.7 Å². The SMILES string of the molecule is COCCC(C)(C)CNC(=O)[C@@H](N)CCSC. The standard InChI is InChI=1S/C12H26N2O2S/c1-12(2,6-7-16-3)9-14-11(15)10(13)5-8-17-4/h10H,5-9,13H2,1-4H3,(H,14,15)/t10-/m0/s1. The van der Waals surface area contributed by atoms with Crippen LogP contribution in [0.1, 0.15) is 26.7 Å². The summed E-state index contributed by atoms with van der Waals surface area (Å²) in [4.78, 5) is 11.7. The molecule has 0 heterocycles. The molecule has 5 heteroatoms. The van der Waals surface area contributed by atoms with E-state index in [-0.39, 0.29) is 17.4 Å². The number of methoxy groups -OCH3 is 1. The second kappa shape index (κ2) is 8.78. The number of hydrogen-bond acceptors (Lipinski definition) is 4. The molecule has 3 N–H and O–H groups in total. The summed E-state index contributed by atoms with van der Waals surface area (Å²) in [6, 6.07) is -0.388. The van der Waals surface area contributed by atoms with Gasteiger partial charge in [0.25, 0.3) is 0 Å². The van der Waals surface area contributed by atoms with Crippen molar-refractivity contribution in [2.45, 2.75) is 32.7 Å². The molecule has 0 aliphatic heterocycles. The number of nitrogens with one attached hydrogen (secondary N) is 1. The second-order valence-electron chi connectivity index (χ2n) is 5.01. The third-order valence-electron chi connectivity index (χ3n) is 2.69. The predicted molar refractivity (Wildman–Crippen MR) is 74.3 cm³/mol. The topological polar surface area (TPSA) is 64.3 Å². The van der Waals surface area contributed by atoms with E-state index in [2.05, 4.69) is 19.2 Å². The number of amides is 1. The van der Waals surface area contributed by atoms with Gasteiger partial charge in [-0.05, 0) is 30.3 Å². The highest BCUT2D eigenvalue weighted by Gasteiger charge is 2.20. The van der Waals surface area contributed by atoms with Gasteiger partial charge in [-0.1, -0.05) is 13.8 Å². The quantitative estimate of drug-likeness (QED) is 0.656. The van der Waals surface area contributed by atoms with Crippen LogP contribution in [0, 0.1) is 5.41 Å². The van der Waals surface area contributed by atoms with Crippen LogP contribution in [0.4, 0.5) is 0 Å². The van der Waals surface area contributed by atoms with Crippen LogP contribution >= 0.6 is 11.8 Å². The lowest BCUT2D eigenvalue weighted by Crippen LogP contribution is -2.44. The van der Waals surface area contributed by atoms with Crippen LogP contribution < -0.4 is 11.1 Å². The number of ether oxygens (including phenoxy) is 1. The molecule has 1 atom stereocenters. The van der Waals surface area contributed by atoms with Crippen LogP contribution in [0.5, 0.6) is 0 Å². The molecule has 4 nitrogen and oxygen atoms in total. The zero-order valence-corrected chi connectivity index (χ0v) is 12.2. The minimum Gasteiger partial charge on any atom is -0.385 e. The van der Waals surface area contributed by atoms with Crippen molar-refractivity contribution in [3.05, 3.63) is 0 Å². The van der Waals surface area contributed by atoms with Crippen molar-refractivity contribution < 1.29 is 9.53 Å². The highest BCUT2D eigenvalue weighted by Crippen LogP contribution is 2.18. The fourth-order valence-corrected chi connectivity index (χ4v) is 1.79. The van der Waals surface area contributed by atoms with Crippen molar-refractivity contribution in [1.29, 1.82) is 0 Å². The van der Waals surface area contributed by atoms with E-state index >= 15 is 0 Å². The molecule has 0 radical (unpaired) electrons. The average molecular weight is 262 g/mol. The van der Waals surface area contributed by atoms with E-state index in [1.165, 1.54) is 0 Å². The molecule has 0 aromatic rings. The van der Waals surface area contributed by atoms with Gasteiger partial charge >= 0.3 is 0 Å². The van der Waals surface area contributed by atoms with E-state index in [1.807, 2.05) is 6.26 Å². The first kappa shape index (κ1) is 16.7.